The number of carboxylic acid groups (broad SMARTS) is 11. The predicted octanol–water partition coefficient (Wildman–Crippen LogP) is -5.37. The lowest BCUT2D eigenvalue weighted by molar-refractivity contribution is -0.141. The van der Waals surface area contributed by atoms with Gasteiger partial charge in [0.25, 0.3) is 0 Å². The summed E-state index contributed by atoms with van der Waals surface area (Å²) < 4.78 is 0. The van der Waals surface area contributed by atoms with Gasteiger partial charge in [0.15, 0.2) is 0 Å². The Morgan fingerprint density at radius 1 is 0.192 bits per heavy atom. The molecule has 0 aliphatic carbocycles. The van der Waals surface area contributed by atoms with Gasteiger partial charge < -0.3 is 61.1 Å². The van der Waals surface area contributed by atoms with Gasteiger partial charge in [-0.25, -0.2) is 4.79 Å². The zero-order chi connectivity index (χ0) is 58.7. The molecule has 3 saturated heterocycles. The second-order valence-corrected chi connectivity index (χ2v) is 18.7. The van der Waals surface area contributed by atoms with Crippen LogP contribution in [0.5, 0.6) is 0 Å². The zero-order valence-electron chi connectivity index (χ0n) is 43.9. The van der Waals surface area contributed by atoms with Crippen LogP contribution in [0.3, 0.4) is 0 Å². The van der Waals surface area contributed by atoms with Crippen LogP contribution in [0, 0.1) is 0 Å². The van der Waals surface area contributed by atoms with Crippen LogP contribution in [-0.4, -0.2) is 385 Å². The van der Waals surface area contributed by atoms with Crippen LogP contribution in [0.1, 0.15) is 12.8 Å². The Kier molecular flexibility index (Phi) is 34.8. The van der Waals surface area contributed by atoms with Crippen molar-refractivity contribution in [1.82, 2.24) is 53.9 Å². The van der Waals surface area contributed by atoms with Gasteiger partial charge in [-0.15, -0.1) is 0 Å². The molecule has 3 fully saturated rings. The van der Waals surface area contributed by atoms with Crippen molar-refractivity contribution in [3.05, 3.63) is 0 Å². The van der Waals surface area contributed by atoms with Crippen molar-refractivity contribution in [3.63, 3.8) is 0 Å². The lowest BCUT2D eigenvalue weighted by Gasteiger charge is -2.32. The third-order valence-corrected chi connectivity index (χ3v) is 12.3. The average Bonchev–Trinajstić information content (AvgIpc) is 3.39. The highest BCUT2D eigenvalue weighted by Crippen LogP contribution is 2.06. The van der Waals surface area contributed by atoms with Gasteiger partial charge in [-0.05, 0) is 12.8 Å². The Balaban J connectivity index is 0.000000597. The van der Waals surface area contributed by atoms with E-state index in [0.717, 1.165) is 0 Å². The number of carbonyl (C=O) groups is 11. The molecule has 78 heavy (non-hydrogen) atoms. The Bertz CT molecular complexity index is 1700. The average molecular weight is 1130 g/mol. The fourth-order valence-corrected chi connectivity index (χ4v) is 8.46. The summed E-state index contributed by atoms with van der Waals surface area (Å²) in [5.74, 6) is -9.97. The molecule has 0 saturated carbocycles. The Morgan fingerprint density at radius 2 is 0.308 bits per heavy atom. The summed E-state index contributed by atoms with van der Waals surface area (Å²) in [7, 11) is 0. The summed E-state index contributed by atoms with van der Waals surface area (Å²) >= 11 is 0. The maximum absolute atomic E-state index is 11.1. The second-order valence-electron chi connectivity index (χ2n) is 18.7. The highest BCUT2D eigenvalue weighted by molar-refractivity contribution is 5.72. The number of aliphatic carboxylic acids is 10. The van der Waals surface area contributed by atoms with Gasteiger partial charge in [0.2, 0.25) is 0 Å². The summed E-state index contributed by atoms with van der Waals surface area (Å²) in [6.45, 7) is 5.53. The van der Waals surface area contributed by atoms with Crippen LogP contribution >= 0.6 is 0 Å². The van der Waals surface area contributed by atoms with E-state index in [1.807, 2.05) is 0 Å². The van der Waals surface area contributed by atoms with Crippen molar-refractivity contribution in [2.45, 2.75) is 12.8 Å². The number of hydrogen-bond acceptors (Lipinski definition) is 21. The van der Waals surface area contributed by atoms with E-state index in [0.29, 0.717) is 144 Å². The minimum Gasteiger partial charge on any atom is -0.480 e. The van der Waals surface area contributed by atoms with E-state index >= 15 is 0 Å². The van der Waals surface area contributed by atoms with Gasteiger partial charge in [-0.3, -0.25) is 96.9 Å². The molecule has 33 heteroatoms. The number of rotatable bonds is 20. The fraction of sp³-hybridized carbons (Fsp3) is 0.756. The lowest BCUT2D eigenvalue weighted by Crippen LogP contribution is -2.49. The molecule has 0 atom stereocenters. The van der Waals surface area contributed by atoms with Crippen molar-refractivity contribution in [2.75, 3.05) is 209 Å². The van der Waals surface area contributed by atoms with Crippen molar-refractivity contribution >= 4 is 65.8 Å². The molecule has 0 spiro atoms. The van der Waals surface area contributed by atoms with Gasteiger partial charge in [-0.1, -0.05) is 0 Å². The van der Waals surface area contributed by atoms with E-state index in [4.69, 9.17) is 56.2 Å². The molecule has 1 amide bonds. The smallest absolute Gasteiger partial charge is 0.407 e. The molecule has 0 radical (unpaired) electrons. The molecule has 3 aliphatic heterocycles. The van der Waals surface area contributed by atoms with E-state index < -0.39 is 65.8 Å². The Labute approximate surface area is 450 Å². The summed E-state index contributed by atoms with van der Waals surface area (Å²) in [6.07, 6.45) is -0.00549. The predicted molar refractivity (Wildman–Crippen MR) is 270 cm³/mol. The van der Waals surface area contributed by atoms with Crippen molar-refractivity contribution in [3.8, 4) is 0 Å². The number of carboxylic acids is 10. The first-order valence-corrected chi connectivity index (χ1v) is 25.1. The first kappa shape index (κ1) is 69.6. The van der Waals surface area contributed by atoms with E-state index in [9.17, 15) is 52.7 Å². The van der Waals surface area contributed by atoms with Gasteiger partial charge in [0.05, 0.1) is 65.4 Å². The van der Waals surface area contributed by atoms with Crippen molar-refractivity contribution in [1.29, 1.82) is 0 Å². The molecule has 3 heterocycles. The largest absolute Gasteiger partial charge is 0.480 e. The van der Waals surface area contributed by atoms with Crippen LogP contribution in [0.2, 0.25) is 0 Å². The molecule has 11 N–H and O–H groups in total. The number of hydrogen-bond donors (Lipinski definition) is 11. The lowest BCUT2D eigenvalue weighted by atomic mass is 10.2. The maximum Gasteiger partial charge on any atom is 0.407 e. The standard InChI is InChI=1S/C18H32N4O8.C16H28N4O8.C11H19N3O6/c23-15(24)11-19-3-1-4-20(12-16(25)26)8-10-22(14-18(29)30)6-2-5-21(9-7-19)13-17(27)28;21-13(22)9-17-1-2-18(10-14(23)24)5-6-20(12-16(27)28)8-7-19(4-3-17)11-15(25)26;15-9(16)7-12-1-2-13(8-10(17)18)4-6-14(5-3-12)11(19)20/h1-14H2,(H,23,24)(H,25,26)(H,27,28)(H,29,30);1-12H2,(H,21,22)(H,23,24)(H,25,26)(H,27,28);1-8H2,(H,15,16)(H,17,18)(H,19,20). The molecule has 33 nitrogen and oxygen atoms in total. The highest BCUT2D eigenvalue weighted by Gasteiger charge is 2.24. The quantitative estimate of drug-likeness (QED) is 0.0542. The van der Waals surface area contributed by atoms with Crippen molar-refractivity contribution < 1.29 is 109 Å². The van der Waals surface area contributed by atoms with Gasteiger partial charge in [0.1, 0.15) is 0 Å². The fourth-order valence-electron chi connectivity index (χ4n) is 8.46. The highest BCUT2D eigenvalue weighted by atomic mass is 16.4. The van der Waals surface area contributed by atoms with E-state index in [1.54, 1.807) is 49.0 Å². The molecule has 0 aromatic heterocycles. The van der Waals surface area contributed by atoms with Crippen LogP contribution in [0.15, 0.2) is 0 Å². The van der Waals surface area contributed by atoms with Gasteiger partial charge >= 0.3 is 65.8 Å². The van der Waals surface area contributed by atoms with Gasteiger partial charge in [-0.2, -0.15) is 0 Å². The molecule has 3 aliphatic rings. The molecule has 0 bridgehead atoms. The molecular weight excluding hydrogens is 1050 g/mol. The van der Waals surface area contributed by atoms with E-state index in [-0.39, 0.29) is 78.5 Å². The number of nitrogens with zero attached hydrogens (tertiary/aromatic N) is 11. The van der Waals surface area contributed by atoms with Crippen LogP contribution in [0.25, 0.3) is 0 Å². The molecule has 3 rings (SSSR count). The topological polar surface area (TPSA) is 446 Å². The minimum atomic E-state index is -1.09. The van der Waals surface area contributed by atoms with Gasteiger partial charge in [0, 0.05) is 144 Å². The first-order chi connectivity index (χ1) is 36.7. The summed E-state index contributed by atoms with van der Waals surface area (Å²) in [5.41, 5.74) is 0. The zero-order valence-corrected chi connectivity index (χ0v) is 43.9. The maximum atomic E-state index is 11.1. The molecular formula is C45H79N11O22. The summed E-state index contributed by atoms with van der Waals surface area (Å²) in [6, 6.07) is 0. The molecule has 446 valence electrons. The Hall–Kier alpha value is -6.43. The number of amides is 1. The third-order valence-electron chi connectivity index (χ3n) is 12.3. The summed E-state index contributed by atoms with van der Waals surface area (Å²) in [4.78, 5) is 139. The van der Waals surface area contributed by atoms with E-state index in [2.05, 4.69) is 0 Å². The van der Waals surface area contributed by atoms with E-state index in [1.165, 1.54) is 4.90 Å². The Morgan fingerprint density at radius 3 is 0.423 bits per heavy atom. The minimum absolute atomic E-state index is 0.174. The normalized spacial score (nSPS) is 19.4. The monoisotopic (exact) mass is 1130 g/mol. The SMILES string of the molecule is O=C(O)CN1CCCN(CC(=O)O)CCN(CC(=O)O)CCCN(CC(=O)O)CC1.O=C(O)CN1CCN(CC(=O)O)CCN(C(=O)O)CC1.O=C(O)CN1CCN(CC(=O)O)CCN(CC(=O)O)CCN(CC(=O)O)CC1. The molecule has 0 unspecified atom stereocenters. The van der Waals surface area contributed by atoms with Crippen molar-refractivity contribution in [2.24, 2.45) is 0 Å². The van der Waals surface area contributed by atoms with Crippen LogP contribution in [0.4, 0.5) is 4.79 Å². The first-order valence-electron chi connectivity index (χ1n) is 25.1. The summed E-state index contributed by atoms with van der Waals surface area (Å²) in [5, 5.41) is 99.5. The second kappa shape index (κ2) is 39.0. The molecule has 0 aromatic rings. The third kappa shape index (κ3) is 36.6. The molecule has 0 aromatic carbocycles. The van der Waals surface area contributed by atoms with Crippen LogP contribution < -0.4 is 0 Å². The van der Waals surface area contributed by atoms with Crippen LogP contribution in [-0.2, 0) is 47.9 Å².